The van der Waals surface area contributed by atoms with E-state index in [0.717, 1.165) is 5.69 Å². The van der Waals surface area contributed by atoms with E-state index in [1.54, 1.807) is 35.1 Å². The van der Waals surface area contributed by atoms with E-state index in [-0.39, 0.29) is 4.90 Å². The number of sulfonamides is 1. The molecule has 0 unspecified atom stereocenters. The summed E-state index contributed by atoms with van der Waals surface area (Å²) in [5, 5.41) is 5.08. The maximum absolute atomic E-state index is 12.3. The van der Waals surface area contributed by atoms with Gasteiger partial charge in [0.1, 0.15) is 0 Å². The van der Waals surface area contributed by atoms with Crippen LogP contribution >= 0.6 is 23.2 Å². The van der Waals surface area contributed by atoms with Crippen LogP contribution in [-0.2, 0) is 10.0 Å². The lowest BCUT2D eigenvalue weighted by Crippen LogP contribution is -2.12. The van der Waals surface area contributed by atoms with Gasteiger partial charge in [-0.15, -0.1) is 0 Å². The average molecular weight is 368 g/mol. The Labute approximate surface area is 143 Å². The quantitative estimate of drug-likeness (QED) is 0.758. The molecule has 118 valence electrons. The van der Waals surface area contributed by atoms with Crippen LogP contribution < -0.4 is 4.72 Å². The van der Waals surface area contributed by atoms with Gasteiger partial charge in [-0.25, -0.2) is 13.1 Å². The van der Waals surface area contributed by atoms with Crippen LogP contribution in [0.4, 0.5) is 5.69 Å². The van der Waals surface area contributed by atoms with E-state index in [0.29, 0.717) is 15.7 Å². The van der Waals surface area contributed by atoms with Crippen LogP contribution in [0.15, 0.2) is 65.8 Å². The molecule has 3 rings (SSSR count). The van der Waals surface area contributed by atoms with Crippen molar-refractivity contribution in [2.45, 2.75) is 4.90 Å². The van der Waals surface area contributed by atoms with Crippen LogP contribution in [-0.4, -0.2) is 18.2 Å². The third kappa shape index (κ3) is 3.67. The zero-order chi connectivity index (χ0) is 16.4. The van der Waals surface area contributed by atoms with Crippen molar-refractivity contribution < 1.29 is 8.42 Å². The number of hydrogen-bond donors (Lipinski definition) is 1. The van der Waals surface area contributed by atoms with Crippen molar-refractivity contribution in [2.24, 2.45) is 0 Å². The summed E-state index contributed by atoms with van der Waals surface area (Å²) in [7, 11) is -3.66. The van der Waals surface area contributed by atoms with Gasteiger partial charge in [0.05, 0.1) is 21.8 Å². The molecule has 0 saturated heterocycles. The lowest BCUT2D eigenvalue weighted by Gasteiger charge is -2.09. The molecular formula is C15H11Cl2N3O2S. The van der Waals surface area contributed by atoms with E-state index in [4.69, 9.17) is 23.2 Å². The summed E-state index contributed by atoms with van der Waals surface area (Å²) in [5.41, 5.74) is 1.22. The van der Waals surface area contributed by atoms with Crippen LogP contribution in [0.2, 0.25) is 10.0 Å². The molecule has 0 spiro atoms. The predicted octanol–water partition coefficient (Wildman–Crippen LogP) is 3.98. The van der Waals surface area contributed by atoms with Gasteiger partial charge in [0.2, 0.25) is 0 Å². The minimum Gasteiger partial charge on any atom is -0.280 e. The van der Waals surface area contributed by atoms with Crippen molar-refractivity contribution in [3.05, 3.63) is 71.0 Å². The van der Waals surface area contributed by atoms with Gasteiger partial charge >= 0.3 is 0 Å². The SMILES string of the molecule is O=S(=O)(Nc1ccc(-n2cc(Cl)cn2)cc1)c1ccc(Cl)cc1. The van der Waals surface area contributed by atoms with Crippen molar-refractivity contribution in [2.75, 3.05) is 4.72 Å². The highest BCUT2D eigenvalue weighted by atomic mass is 35.5. The molecular weight excluding hydrogens is 357 g/mol. The minimum absolute atomic E-state index is 0.143. The lowest BCUT2D eigenvalue weighted by atomic mass is 10.3. The first-order chi connectivity index (χ1) is 10.9. The highest BCUT2D eigenvalue weighted by Crippen LogP contribution is 2.20. The predicted molar refractivity (Wildman–Crippen MR) is 90.8 cm³/mol. The Morgan fingerprint density at radius 3 is 2.13 bits per heavy atom. The fourth-order valence-electron chi connectivity index (χ4n) is 1.95. The molecule has 0 atom stereocenters. The van der Waals surface area contributed by atoms with Crippen molar-refractivity contribution in [3.63, 3.8) is 0 Å². The maximum atomic E-state index is 12.3. The molecule has 0 amide bonds. The van der Waals surface area contributed by atoms with E-state index in [1.165, 1.54) is 30.5 Å². The second kappa shape index (κ2) is 6.23. The van der Waals surface area contributed by atoms with Crippen molar-refractivity contribution in [1.29, 1.82) is 0 Å². The number of rotatable bonds is 4. The molecule has 0 aliphatic carbocycles. The third-order valence-corrected chi connectivity index (χ3v) is 4.90. The summed E-state index contributed by atoms with van der Waals surface area (Å²) in [6.07, 6.45) is 3.19. The summed E-state index contributed by atoms with van der Waals surface area (Å²) < 4.78 is 28.7. The first-order valence-electron chi connectivity index (χ1n) is 6.53. The summed E-state index contributed by atoms with van der Waals surface area (Å²) >= 11 is 11.6. The first-order valence-corrected chi connectivity index (χ1v) is 8.77. The Morgan fingerprint density at radius 1 is 0.913 bits per heavy atom. The molecule has 0 aliphatic heterocycles. The zero-order valence-electron chi connectivity index (χ0n) is 11.6. The third-order valence-electron chi connectivity index (χ3n) is 3.06. The summed E-state index contributed by atoms with van der Waals surface area (Å²) in [6.45, 7) is 0. The van der Waals surface area contributed by atoms with Gasteiger partial charge in [-0.2, -0.15) is 5.10 Å². The zero-order valence-corrected chi connectivity index (χ0v) is 14.0. The Balaban J connectivity index is 1.81. The van der Waals surface area contributed by atoms with Crippen molar-refractivity contribution in [1.82, 2.24) is 9.78 Å². The molecule has 1 aromatic heterocycles. The molecule has 0 fully saturated rings. The first kappa shape index (κ1) is 15.9. The molecule has 0 saturated carbocycles. The van der Waals surface area contributed by atoms with Crippen LogP contribution in [0.25, 0.3) is 5.69 Å². The summed E-state index contributed by atoms with van der Waals surface area (Å²) in [4.78, 5) is 0.143. The standard InChI is InChI=1S/C15H11Cl2N3O2S/c16-11-1-7-15(8-2-11)23(21,22)19-13-3-5-14(6-4-13)20-10-12(17)9-18-20/h1-10,19H. The van der Waals surface area contributed by atoms with E-state index >= 15 is 0 Å². The average Bonchev–Trinajstić information content (AvgIpc) is 2.95. The molecule has 23 heavy (non-hydrogen) atoms. The molecule has 1 N–H and O–H groups in total. The Hall–Kier alpha value is -2.02. The molecule has 1 heterocycles. The highest BCUT2D eigenvalue weighted by molar-refractivity contribution is 7.92. The Kier molecular flexibility index (Phi) is 4.30. The molecule has 0 aliphatic rings. The summed E-state index contributed by atoms with van der Waals surface area (Å²) in [6, 6.07) is 12.7. The smallest absolute Gasteiger partial charge is 0.261 e. The fourth-order valence-corrected chi connectivity index (χ4v) is 3.27. The minimum atomic E-state index is -3.66. The maximum Gasteiger partial charge on any atom is 0.261 e. The van der Waals surface area contributed by atoms with Gasteiger partial charge in [-0.3, -0.25) is 4.72 Å². The molecule has 2 aromatic carbocycles. The second-order valence-corrected chi connectivity index (χ2v) is 7.26. The number of aromatic nitrogens is 2. The van der Waals surface area contributed by atoms with Crippen LogP contribution in [0, 0.1) is 0 Å². The lowest BCUT2D eigenvalue weighted by molar-refractivity contribution is 0.601. The summed E-state index contributed by atoms with van der Waals surface area (Å²) in [5.74, 6) is 0. The van der Waals surface area contributed by atoms with Gasteiger partial charge in [0, 0.05) is 16.9 Å². The second-order valence-electron chi connectivity index (χ2n) is 4.71. The topological polar surface area (TPSA) is 64.0 Å². The van der Waals surface area contributed by atoms with E-state index < -0.39 is 10.0 Å². The van der Waals surface area contributed by atoms with Gasteiger partial charge in [0.25, 0.3) is 10.0 Å². The van der Waals surface area contributed by atoms with Gasteiger partial charge < -0.3 is 0 Å². The number of benzene rings is 2. The monoisotopic (exact) mass is 367 g/mol. The van der Waals surface area contributed by atoms with E-state index in [2.05, 4.69) is 9.82 Å². The molecule has 3 aromatic rings. The molecule has 8 heteroatoms. The van der Waals surface area contributed by atoms with Crippen molar-refractivity contribution >= 4 is 38.9 Å². The Morgan fingerprint density at radius 2 is 1.57 bits per heavy atom. The van der Waals surface area contributed by atoms with Gasteiger partial charge in [-0.1, -0.05) is 23.2 Å². The largest absolute Gasteiger partial charge is 0.280 e. The molecule has 0 radical (unpaired) electrons. The van der Waals surface area contributed by atoms with Crippen LogP contribution in [0.1, 0.15) is 0 Å². The van der Waals surface area contributed by atoms with E-state index in [9.17, 15) is 8.42 Å². The Bertz CT molecular complexity index is 920. The van der Waals surface area contributed by atoms with E-state index in [1.807, 2.05) is 0 Å². The van der Waals surface area contributed by atoms with Gasteiger partial charge in [-0.05, 0) is 48.5 Å². The number of anilines is 1. The number of nitrogens with zero attached hydrogens (tertiary/aromatic N) is 2. The number of nitrogens with one attached hydrogen (secondary N) is 1. The normalized spacial score (nSPS) is 11.4. The van der Waals surface area contributed by atoms with Crippen LogP contribution in [0.3, 0.4) is 0 Å². The molecule has 5 nitrogen and oxygen atoms in total. The highest BCUT2D eigenvalue weighted by Gasteiger charge is 2.14. The molecule has 0 bridgehead atoms. The van der Waals surface area contributed by atoms with Crippen molar-refractivity contribution in [3.8, 4) is 5.69 Å². The number of halogens is 2. The fraction of sp³-hybridized carbons (Fsp3) is 0. The van der Waals surface area contributed by atoms with Crippen LogP contribution in [0.5, 0.6) is 0 Å². The van der Waals surface area contributed by atoms with Gasteiger partial charge in [0.15, 0.2) is 0 Å². The number of hydrogen-bond acceptors (Lipinski definition) is 3.